The van der Waals surface area contributed by atoms with Gasteiger partial charge in [-0.05, 0) is 12.5 Å². The average molecular weight is 528 g/mol. The third kappa shape index (κ3) is 4.65. The summed E-state index contributed by atoms with van der Waals surface area (Å²) in [5.41, 5.74) is 5.45. The molecule has 3 unspecified atom stereocenters. The van der Waals surface area contributed by atoms with Crippen molar-refractivity contribution in [2.24, 2.45) is 0 Å². The quantitative estimate of drug-likeness (QED) is 0.264. The normalized spacial score (nSPS) is 26.5. The Balaban J connectivity index is 1.38. The second-order valence-corrected chi connectivity index (χ2v) is 9.37. The van der Waals surface area contributed by atoms with Crippen molar-refractivity contribution in [1.82, 2.24) is 19.1 Å². The summed E-state index contributed by atoms with van der Waals surface area (Å²) in [4.78, 5) is 45.0. The minimum atomic E-state index is -1.22. The number of nitrogens with two attached hydrogens (primary N) is 1. The molecule has 38 heavy (non-hydrogen) atoms. The molecule has 0 amide bonds. The number of fused-ring (bicyclic) bond motifs is 2. The SMILES string of the molecule is C=CCn1c(=O)n(C2OC(CO)[C@H]3OC(C)(CCC(=O)OCc4ccccc4)O[C@@H]23)c2nc(N)[nH]c(=O)c21. The maximum Gasteiger partial charge on any atom is 0.333 e. The van der Waals surface area contributed by atoms with Gasteiger partial charge < -0.3 is 29.8 Å². The summed E-state index contributed by atoms with van der Waals surface area (Å²) in [6.07, 6.45) is -1.86. The number of carbonyl (C=O) groups excluding carboxylic acids is 1. The Morgan fingerprint density at radius 2 is 2.03 bits per heavy atom. The van der Waals surface area contributed by atoms with Crippen molar-refractivity contribution in [1.29, 1.82) is 0 Å². The van der Waals surface area contributed by atoms with Crippen LogP contribution in [0, 0.1) is 0 Å². The predicted molar refractivity (Wildman–Crippen MR) is 134 cm³/mol. The Morgan fingerprint density at radius 3 is 2.74 bits per heavy atom. The van der Waals surface area contributed by atoms with Crippen LogP contribution in [-0.2, 0) is 36.9 Å². The molecule has 3 aromatic rings. The van der Waals surface area contributed by atoms with E-state index in [1.807, 2.05) is 30.3 Å². The number of imidazole rings is 1. The fourth-order valence-electron chi connectivity index (χ4n) is 4.92. The minimum Gasteiger partial charge on any atom is -0.461 e. The van der Waals surface area contributed by atoms with E-state index in [2.05, 4.69) is 16.5 Å². The van der Waals surface area contributed by atoms with Gasteiger partial charge in [0, 0.05) is 13.0 Å². The molecule has 13 nitrogen and oxygen atoms in total. The van der Waals surface area contributed by atoms with E-state index >= 15 is 0 Å². The lowest BCUT2D eigenvalue weighted by atomic mass is 10.1. The van der Waals surface area contributed by atoms with E-state index < -0.39 is 54.2 Å². The maximum atomic E-state index is 13.4. The lowest BCUT2D eigenvalue weighted by molar-refractivity contribution is -0.214. The number of anilines is 1. The zero-order valence-corrected chi connectivity index (χ0v) is 20.7. The lowest BCUT2D eigenvalue weighted by Gasteiger charge is -2.27. The topological polar surface area (TPSA) is 173 Å². The number of aromatic nitrogens is 4. The van der Waals surface area contributed by atoms with Crippen LogP contribution in [-0.4, -0.2) is 60.9 Å². The van der Waals surface area contributed by atoms with Gasteiger partial charge in [-0.25, -0.2) is 9.36 Å². The van der Waals surface area contributed by atoms with Gasteiger partial charge in [-0.3, -0.25) is 19.1 Å². The summed E-state index contributed by atoms with van der Waals surface area (Å²) < 4.78 is 26.1. The lowest BCUT2D eigenvalue weighted by Crippen LogP contribution is -2.36. The molecule has 0 radical (unpaired) electrons. The summed E-state index contributed by atoms with van der Waals surface area (Å²) >= 11 is 0. The summed E-state index contributed by atoms with van der Waals surface area (Å²) in [6.45, 7) is 5.10. The smallest absolute Gasteiger partial charge is 0.333 e. The van der Waals surface area contributed by atoms with Crippen LogP contribution in [0.2, 0.25) is 0 Å². The highest BCUT2D eigenvalue weighted by atomic mass is 16.8. The van der Waals surface area contributed by atoms with E-state index in [1.54, 1.807) is 6.92 Å². The van der Waals surface area contributed by atoms with Crippen molar-refractivity contribution in [3.05, 3.63) is 69.4 Å². The number of aromatic amines is 1. The number of benzene rings is 1. The van der Waals surface area contributed by atoms with Crippen molar-refractivity contribution in [3.8, 4) is 0 Å². The van der Waals surface area contributed by atoms with E-state index in [0.29, 0.717) is 0 Å². The number of H-pyrrole nitrogens is 1. The average Bonchev–Trinajstić information content (AvgIpc) is 3.49. The Morgan fingerprint density at radius 1 is 1.29 bits per heavy atom. The Bertz CT molecular complexity index is 1460. The molecule has 5 rings (SSSR count). The molecular weight excluding hydrogens is 498 g/mol. The molecule has 2 fully saturated rings. The van der Waals surface area contributed by atoms with Crippen molar-refractivity contribution in [3.63, 3.8) is 0 Å². The van der Waals surface area contributed by atoms with Crippen LogP contribution >= 0.6 is 0 Å². The Hall–Kier alpha value is -3.78. The number of nitrogens with zero attached hydrogens (tertiary/aromatic N) is 3. The number of nitrogens with one attached hydrogen (secondary N) is 1. The largest absolute Gasteiger partial charge is 0.461 e. The summed E-state index contributed by atoms with van der Waals surface area (Å²) in [5, 5.41) is 9.97. The molecule has 13 heteroatoms. The van der Waals surface area contributed by atoms with Gasteiger partial charge in [0.2, 0.25) is 5.95 Å². The van der Waals surface area contributed by atoms with Gasteiger partial charge in [0.05, 0.1) is 13.0 Å². The molecule has 202 valence electrons. The molecule has 1 aromatic carbocycles. The molecule has 0 aliphatic carbocycles. The minimum absolute atomic E-state index is 0.000429. The second kappa shape index (κ2) is 10.2. The first kappa shape index (κ1) is 25.9. The molecule has 2 aliphatic rings. The zero-order chi connectivity index (χ0) is 27.0. The van der Waals surface area contributed by atoms with Gasteiger partial charge >= 0.3 is 11.7 Å². The first-order valence-corrected chi connectivity index (χ1v) is 12.2. The van der Waals surface area contributed by atoms with Crippen LogP contribution in [0.15, 0.2) is 52.6 Å². The summed E-state index contributed by atoms with van der Waals surface area (Å²) in [5.74, 6) is -1.82. The highest BCUT2D eigenvalue weighted by Crippen LogP contribution is 2.45. The molecule has 2 saturated heterocycles. The van der Waals surface area contributed by atoms with Gasteiger partial charge in [-0.15, -0.1) is 6.58 Å². The number of aliphatic hydroxyl groups excluding tert-OH is 1. The van der Waals surface area contributed by atoms with Crippen molar-refractivity contribution < 1.29 is 28.8 Å². The molecule has 0 spiro atoms. The van der Waals surface area contributed by atoms with Crippen LogP contribution in [0.4, 0.5) is 5.95 Å². The van der Waals surface area contributed by atoms with Gasteiger partial charge in [-0.2, -0.15) is 4.98 Å². The maximum absolute atomic E-state index is 13.4. The van der Waals surface area contributed by atoms with Crippen LogP contribution < -0.4 is 17.0 Å². The van der Waals surface area contributed by atoms with Gasteiger partial charge in [0.25, 0.3) is 5.56 Å². The zero-order valence-electron chi connectivity index (χ0n) is 20.7. The molecule has 4 heterocycles. The number of hydrogen-bond donors (Lipinski definition) is 3. The summed E-state index contributed by atoms with van der Waals surface area (Å²) in [6, 6.07) is 9.32. The molecular formula is C25H29N5O8. The number of rotatable bonds is 9. The van der Waals surface area contributed by atoms with E-state index in [4.69, 9.17) is 24.7 Å². The Labute approximate surface area is 216 Å². The molecule has 0 saturated carbocycles. The highest BCUT2D eigenvalue weighted by Gasteiger charge is 2.57. The van der Waals surface area contributed by atoms with Crippen molar-refractivity contribution in [2.45, 2.75) is 63.2 Å². The summed E-state index contributed by atoms with van der Waals surface area (Å²) in [7, 11) is 0. The van der Waals surface area contributed by atoms with E-state index in [0.717, 1.165) is 5.56 Å². The first-order chi connectivity index (χ1) is 18.2. The van der Waals surface area contributed by atoms with E-state index in [1.165, 1.54) is 15.2 Å². The Kier molecular flexibility index (Phi) is 6.92. The predicted octanol–water partition coefficient (Wildman–Crippen LogP) is 0.568. The van der Waals surface area contributed by atoms with Gasteiger partial charge in [0.15, 0.2) is 23.2 Å². The number of allylic oxidation sites excluding steroid dienone is 1. The highest BCUT2D eigenvalue weighted by molar-refractivity contribution is 5.72. The monoisotopic (exact) mass is 527 g/mol. The van der Waals surface area contributed by atoms with Crippen LogP contribution in [0.1, 0.15) is 31.6 Å². The van der Waals surface area contributed by atoms with Gasteiger partial charge in [0.1, 0.15) is 24.9 Å². The number of aliphatic hydroxyl groups is 1. The van der Waals surface area contributed by atoms with Crippen molar-refractivity contribution in [2.75, 3.05) is 12.3 Å². The fourth-order valence-corrected chi connectivity index (χ4v) is 4.92. The molecule has 5 atom stereocenters. The molecule has 2 aliphatic heterocycles. The number of ether oxygens (including phenoxy) is 4. The van der Waals surface area contributed by atoms with Crippen LogP contribution in [0.25, 0.3) is 11.2 Å². The van der Waals surface area contributed by atoms with E-state index in [-0.39, 0.29) is 43.1 Å². The second-order valence-electron chi connectivity index (χ2n) is 9.37. The first-order valence-electron chi connectivity index (χ1n) is 12.2. The molecule has 4 N–H and O–H groups in total. The number of esters is 1. The standard InChI is InChI=1S/C25H29N5O8/c1-3-11-29-17-20(27-23(26)28-21(17)33)30(24(29)34)22-19-18(15(12-31)36-22)37-25(2,38-19)10-9-16(32)35-13-14-7-5-4-6-8-14/h3-8,15,18-19,22,31H,1,9-13H2,2H3,(H3,26,27,28,33)/t15?,18-,19-,22?,25?/m1/s1. The number of hydrogen-bond acceptors (Lipinski definition) is 10. The number of carbonyl (C=O) groups is 1. The number of nitrogen functional groups attached to an aromatic ring is 1. The third-order valence-electron chi connectivity index (χ3n) is 6.66. The molecule has 0 bridgehead atoms. The fraction of sp³-hybridized carbons (Fsp3) is 0.440. The van der Waals surface area contributed by atoms with Crippen LogP contribution in [0.3, 0.4) is 0 Å². The van der Waals surface area contributed by atoms with Gasteiger partial charge in [-0.1, -0.05) is 36.4 Å². The molecule has 2 aromatic heterocycles. The van der Waals surface area contributed by atoms with Crippen LogP contribution in [0.5, 0.6) is 0 Å². The van der Waals surface area contributed by atoms with E-state index in [9.17, 15) is 19.5 Å². The van der Waals surface area contributed by atoms with Crippen molar-refractivity contribution >= 4 is 23.1 Å². The third-order valence-corrected chi connectivity index (χ3v) is 6.66.